The number of rotatable bonds is 3. The molecule has 104 valence electrons. The molecule has 6 heteroatoms. The summed E-state index contributed by atoms with van der Waals surface area (Å²) in [4.78, 5) is 11.9. The molecule has 0 heterocycles. The Bertz CT molecular complexity index is 660. The lowest BCUT2D eigenvalue weighted by atomic mass is 10.1. The van der Waals surface area contributed by atoms with Gasteiger partial charge in [-0.25, -0.2) is 8.78 Å². The predicted octanol–water partition coefficient (Wildman–Crippen LogP) is 2.18. The van der Waals surface area contributed by atoms with Crippen molar-refractivity contribution in [1.29, 1.82) is 0 Å². The maximum atomic E-state index is 13.0. The van der Waals surface area contributed by atoms with Gasteiger partial charge in [0, 0.05) is 12.2 Å². The highest BCUT2D eigenvalue weighted by Gasteiger charge is 2.11. The molecule has 0 aromatic heterocycles. The lowest BCUT2D eigenvalue weighted by molar-refractivity contribution is 0.0951. The van der Waals surface area contributed by atoms with Gasteiger partial charge in [0.25, 0.3) is 5.91 Å². The highest BCUT2D eigenvalue weighted by molar-refractivity contribution is 5.99. The highest BCUT2D eigenvalue weighted by atomic mass is 19.2. The number of carbonyl (C=O) groups is 1. The number of nitrogens with one attached hydrogen (secondary N) is 1. The monoisotopic (exact) mass is 278 g/mol. The summed E-state index contributed by atoms with van der Waals surface area (Å²) in [7, 11) is 0. The van der Waals surface area contributed by atoms with E-state index in [9.17, 15) is 18.7 Å². The molecule has 0 aliphatic rings. The molecule has 2 aromatic rings. The molecule has 2 rings (SSSR count). The highest BCUT2D eigenvalue weighted by Crippen LogP contribution is 2.18. The third kappa shape index (κ3) is 3.03. The van der Waals surface area contributed by atoms with Gasteiger partial charge in [-0.3, -0.25) is 4.79 Å². The number of phenolic OH excluding ortho intramolecular Hbond substituents is 1. The van der Waals surface area contributed by atoms with Crippen LogP contribution < -0.4 is 11.1 Å². The number of nitrogen functional groups attached to an aromatic ring is 1. The van der Waals surface area contributed by atoms with E-state index in [0.29, 0.717) is 5.56 Å². The Balaban J connectivity index is 2.08. The van der Waals surface area contributed by atoms with Crippen LogP contribution in [0, 0.1) is 11.6 Å². The van der Waals surface area contributed by atoms with Crippen LogP contribution in [0.3, 0.4) is 0 Å². The fraction of sp³-hybridized carbons (Fsp3) is 0.0714. The van der Waals surface area contributed by atoms with Gasteiger partial charge >= 0.3 is 0 Å². The number of hydrogen-bond acceptors (Lipinski definition) is 3. The summed E-state index contributed by atoms with van der Waals surface area (Å²) in [5, 5.41) is 11.8. The summed E-state index contributed by atoms with van der Waals surface area (Å²) >= 11 is 0. The molecule has 0 unspecified atom stereocenters. The van der Waals surface area contributed by atoms with Crippen LogP contribution in [0.4, 0.5) is 14.5 Å². The third-order valence-electron chi connectivity index (χ3n) is 2.72. The van der Waals surface area contributed by atoms with Crippen LogP contribution in [0.15, 0.2) is 36.4 Å². The fourth-order valence-corrected chi connectivity index (χ4v) is 1.67. The molecular weight excluding hydrogens is 266 g/mol. The number of aromatic hydroxyl groups is 1. The summed E-state index contributed by atoms with van der Waals surface area (Å²) in [6.07, 6.45) is 0. The number of carbonyl (C=O) groups excluding carboxylic acids is 1. The van der Waals surface area contributed by atoms with Crippen molar-refractivity contribution in [3.8, 4) is 5.75 Å². The standard InChI is InChI=1S/C14H12F2N2O2/c15-11-3-1-8(5-12(11)16)7-18-14(20)10-6-9(19)2-4-13(10)17/h1-6,19H,7,17H2,(H,18,20). The third-order valence-corrected chi connectivity index (χ3v) is 2.72. The minimum absolute atomic E-state index is 0.0190. The van der Waals surface area contributed by atoms with Gasteiger partial charge in [-0.1, -0.05) is 6.07 Å². The van der Waals surface area contributed by atoms with Crippen molar-refractivity contribution in [3.05, 3.63) is 59.2 Å². The van der Waals surface area contributed by atoms with Crippen molar-refractivity contribution in [2.24, 2.45) is 0 Å². The predicted molar refractivity (Wildman–Crippen MR) is 70.0 cm³/mol. The first-order valence-corrected chi connectivity index (χ1v) is 5.78. The number of benzene rings is 2. The second-order valence-corrected chi connectivity index (χ2v) is 4.20. The summed E-state index contributed by atoms with van der Waals surface area (Å²) in [6.45, 7) is 0.0190. The SMILES string of the molecule is Nc1ccc(O)cc1C(=O)NCc1ccc(F)c(F)c1. The van der Waals surface area contributed by atoms with Gasteiger partial charge in [0.05, 0.1) is 5.56 Å². The zero-order valence-corrected chi connectivity index (χ0v) is 10.4. The molecular formula is C14H12F2N2O2. The first-order chi connectivity index (χ1) is 9.47. The summed E-state index contributed by atoms with van der Waals surface area (Å²) in [6, 6.07) is 7.35. The molecule has 0 aliphatic heterocycles. The van der Waals surface area contributed by atoms with Crippen LogP contribution >= 0.6 is 0 Å². The zero-order chi connectivity index (χ0) is 14.7. The number of halogens is 2. The molecule has 4 N–H and O–H groups in total. The van der Waals surface area contributed by atoms with Crippen molar-refractivity contribution >= 4 is 11.6 Å². The molecule has 0 fully saturated rings. The number of nitrogens with two attached hydrogens (primary N) is 1. The Hall–Kier alpha value is -2.63. The van der Waals surface area contributed by atoms with Crippen molar-refractivity contribution < 1.29 is 18.7 Å². The second kappa shape index (κ2) is 5.56. The number of phenols is 1. The molecule has 20 heavy (non-hydrogen) atoms. The van der Waals surface area contributed by atoms with E-state index in [-0.39, 0.29) is 23.5 Å². The Labute approximate surface area is 113 Å². The van der Waals surface area contributed by atoms with E-state index in [2.05, 4.69) is 5.32 Å². The average Bonchev–Trinajstić information content (AvgIpc) is 2.42. The van der Waals surface area contributed by atoms with E-state index < -0.39 is 17.5 Å². The zero-order valence-electron chi connectivity index (χ0n) is 10.4. The normalized spacial score (nSPS) is 10.3. The largest absolute Gasteiger partial charge is 0.508 e. The van der Waals surface area contributed by atoms with E-state index in [0.717, 1.165) is 12.1 Å². The van der Waals surface area contributed by atoms with E-state index in [4.69, 9.17) is 5.73 Å². The van der Waals surface area contributed by atoms with Gasteiger partial charge in [0.1, 0.15) is 5.75 Å². The van der Waals surface area contributed by atoms with Gasteiger partial charge in [0.15, 0.2) is 11.6 Å². The first kappa shape index (κ1) is 13.8. The van der Waals surface area contributed by atoms with Gasteiger partial charge in [-0.05, 0) is 35.9 Å². The Morgan fingerprint density at radius 3 is 2.60 bits per heavy atom. The van der Waals surface area contributed by atoms with Crippen LogP contribution in [0.1, 0.15) is 15.9 Å². The van der Waals surface area contributed by atoms with Crippen LogP contribution in [-0.4, -0.2) is 11.0 Å². The second-order valence-electron chi connectivity index (χ2n) is 4.20. The molecule has 0 saturated heterocycles. The fourth-order valence-electron chi connectivity index (χ4n) is 1.67. The number of amides is 1. The smallest absolute Gasteiger partial charge is 0.253 e. The van der Waals surface area contributed by atoms with Crippen LogP contribution in [0.25, 0.3) is 0 Å². The molecule has 0 saturated carbocycles. The van der Waals surface area contributed by atoms with E-state index in [1.165, 1.54) is 24.3 Å². The summed E-state index contributed by atoms with van der Waals surface area (Å²) < 4.78 is 25.8. The first-order valence-electron chi connectivity index (χ1n) is 5.78. The van der Waals surface area contributed by atoms with Gasteiger partial charge in [-0.15, -0.1) is 0 Å². The molecule has 4 nitrogen and oxygen atoms in total. The van der Waals surface area contributed by atoms with Gasteiger partial charge < -0.3 is 16.2 Å². The summed E-state index contributed by atoms with van der Waals surface area (Å²) in [5.41, 5.74) is 6.37. The molecule has 0 spiro atoms. The Morgan fingerprint density at radius 1 is 1.15 bits per heavy atom. The van der Waals surface area contributed by atoms with E-state index in [1.807, 2.05) is 0 Å². The van der Waals surface area contributed by atoms with Crippen LogP contribution in [0.5, 0.6) is 5.75 Å². The average molecular weight is 278 g/mol. The number of anilines is 1. The van der Waals surface area contributed by atoms with E-state index in [1.54, 1.807) is 0 Å². The van der Waals surface area contributed by atoms with E-state index >= 15 is 0 Å². The summed E-state index contributed by atoms with van der Waals surface area (Å²) in [5.74, 6) is -2.52. The van der Waals surface area contributed by atoms with Crippen molar-refractivity contribution in [1.82, 2.24) is 5.32 Å². The molecule has 0 atom stereocenters. The van der Waals surface area contributed by atoms with Crippen molar-refractivity contribution in [2.75, 3.05) is 5.73 Å². The molecule has 2 aromatic carbocycles. The van der Waals surface area contributed by atoms with Crippen LogP contribution in [-0.2, 0) is 6.54 Å². The topological polar surface area (TPSA) is 75.3 Å². The molecule has 0 radical (unpaired) electrons. The molecule has 0 bridgehead atoms. The van der Waals surface area contributed by atoms with Crippen LogP contribution in [0.2, 0.25) is 0 Å². The molecule has 0 aliphatic carbocycles. The van der Waals surface area contributed by atoms with Crippen molar-refractivity contribution in [2.45, 2.75) is 6.54 Å². The lowest BCUT2D eigenvalue weighted by Crippen LogP contribution is -2.23. The number of hydrogen-bond donors (Lipinski definition) is 3. The Kier molecular flexibility index (Phi) is 3.84. The quantitative estimate of drug-likeness (QED) is 0.595. The Morgan fingerprint density at radius 2 is 1.90 bits per heavy atom. The molecule has 1 amide bonds. The lowest BCUT2D eigenvalue weighted by Gasteiger charge is -2.08. The van der Waals surface area contributed by atoms with Gasteiger partial charge in [0.2, 0.25) is 0 Å². The minimum Gasteiger partial charge on any atom is -0.508 e. The van der Waals surface area contributed by atoms with Crippen molar-refractivity contribution in [3.63, 3.8) is 0 Å². The maximum Gasteiger partial charge on any atom is 0.253 e. The van der Waals surface area contributed by atoms with Gasteiger partial charge in [-0.2, -0.15) is 0 Å². The minimum atomic E-state index is -0.978. The maximum absolute atomic E-state index is 13.0.